The normalized spacial score (nSPS) is 19.4. The summed E-state index contributed by atoms with van der Waals surface area (Å²) >= 11 is 0. The summed E-state index contributed by atoms with van der Waals surface area (Å²) in [6.45, 7) is -0.552. The van der Waals surface area contributed by atoms with E-state index < -0.39 is 36.2 Å². The van der Waals surface area contributed by atoms with Gasteiger partial charge in [0.2, 0.25) is 0 Å². The van der Waals surface area contributed by atoms with Crippen molar-refractivity contribution in [2.24, 2.45) is 5.41 Å². The number of nitrogens with one attached hydrogen (secondary N) is 1. The van der Waals surface area contributed by atoms with E-state index in [9.17, 15) is 32.3 Å². The van der Waals surface area contributed by atoms with Crippen molar-refractivity contribution in [3.63, 3.8) is 0 Å². The largest absolute Gasteiger partial charge is 0.481 e. The Bertz CT molecular complexity index is 366. The number of rotatable bonds is 5. The summed E-state index contributed by atoms with van der Waals surface area (Å²) in [7, 11) is 0. The van der Waals surface area contributed by atoms with Crippen LogP contribution >= 0.6 is 0 Å². The number of hydrogen-bond acceptors (Lipinski definition) is 2. The Hall–Kier alpha value is -1.34. The molecular formula is C12H17F4NO3. The molecule has 20 heavy (non-hydrogen) atoms. The van der Waals surface area contributed by atoms with Crippen LogP contribution < -0.4 is 5.32 Å². The van der Waals surface area contributed by atoms with Crippen LogP contribution in [0.2, 0.25) is 0 Å². The van der Waals surface area contributed by atoms with Gasteiger partial charge in [-0.25, -0.2) is 8.78 Å². The highest BCUT2D eigenvalue weighted by molar-refractivity contribution is 5.84. The number of carboxylic acid groups (broad SMARTS) is 1. The van der Waals surface area contributed by atoms with Gasteiger partial charge in [0.15, 0.2) is 0 Å². The lowest BCUT2D eigenvalue weighted by Crippen LogP contribution is -2.50. The van der Waals surface area contributed by atoms with Gasteiger partial charge in [-0.05, 0) is 12.8 Å². The Balaban J connectivity index is 2.73. The summed E-state index contributed by atoms with van der Waals surface area (Å²) in [5.41, 5.74) is -1.34. The lowest BCUT2D eigenvalue weighted by Gasteiger charge is -2.29. The third kappa shape index (κ3) is 3.61. The number of amides is 1. The number of carbonyl (C=O) groups is 2. The van der Waals surface area contributed by atoms with E-state index in [-0.39, 0.29) is 12.8 Å². The number of carboxylic acids is 1. The Morgan fingerprint density at radius 2 is 1.65 bits per heavy atom. The smallest absolute Gasteiger partial charge is 0.383 e. The van der Waals surface area contributed by atoms with E-state index in [1.165, 1.54) is 0 Å². The molecule has 1 saturated carbocycles. The van der Waals surface area contributed by atoms with Gasteiger partial charge in [-0.15, -0.1) is 0 Å². The first-order valence-electron chi connectivity index (χ1n) is 6.40. The van der Waals surface area contributed by atoms with Gasteiger partial charge in [0.1, 0.15) is 0 Å². The number of carbonyl (C=O) groups excluding carboxylic acids is 1. The molecule has 0 atom stereocenters. The molecule has 0 saturated heterocycles. The molecule has 0 radical (unpaired) electrons. The van der Waals surface area contributed by atoms with Crippen LogP contribution in [0.25, 0.3) is 0 Å². The van der Waals surface area contributed by atoms with E-state index in [1.807, 2.05) is 0 Å². The maximum absolute atomic E-state index is 12.8. The summed E-state index contributed by atoms with van der Waals surface area (Å²) < 4.78 is 49.6. The van der Waals surface area contributed by atoms with Gasteiger partial charge < -0.3 is 10.4 Å². The second kappa shape index (κ2) is 6.41. The average Bonchev–Trinajstić information content (AvgIpc) is 2.62. The molecule has 0 bridgehead atoms. The molecule has 2 N–H and O–H groups in total. The fourth-order valence-electron chi connectivity index (χ4n) is 2.34. The van der Waals surface area contributed by atoms with Crippen molar-refractivity contribution in [1.29, 1.82) is 0 Å². The first kappa shape index (κ1) is 16.7. The molecule has 8 heteroatoms. The van der Waals surface area contributed by atoms with Crippen molar-refractivity contribution >= 4 is 11.9 Å². The molecule has 0 aromatic rings. The molecule has 1 amide bonds. The lowest BCUT2D eigenvalue weighted by molar-refractivity contribution is -0.170. The predicted octanol–water partition coefficient (Wildman–Crippen LogP) is 2.43. The van der Waals surface area contributed by atoms with Crippen molar-refractivity contribution in [1.82, 2.24) is 5.32 Å². The average molecular weight is 299 g/mol. The summed E-state index contributed by atoms with van der Waals surface area (Å²) in [6, 6.07) is 0. The number of hydrogen-bond donors (Lipinski definition) is 2. The van der Waals surface area contributed by atoms with Crippen molar-refractivity contribution in [3.8, 4) is 0 Å². The Kier molecular flexibility index (Phi) is 5.35. The third-order valence-electron chi connectivity index (χ3n) is 3.68. The van der Waals surface area contributed by atoms with Gasteiger partial charge >= 0.3 is 18.3 Å². The fourth-order valence-corrected chi connectivity index (χ4v) is 2.34. The highest BCUT2D eigenvalue weighted by Gasteiger charge is 2.50. The van der Waals surface area contributed by atoms with E-state index in [4.69, 9.17) is 0 Å². The second-order valence-corrected chi connectivity index (χ2v) is 5.11. The van der Waals surface area contributed by atoms with Gasteiger partial charge in [0, 0.05) is 6.54 Å². The molecule has 0 spiro atoms. The van der Waals surface area contributed by atoms with E-state index in [2.05, 4.69) is 0 Å². The van der Waals surface area contributed by atoms with Crippen molar-refractivity contribution in [3.05, 3.63) is 0 Å². The zero-order valence-corrected chi connectivity index (χ0v) is 10.8. The number of halogens is 4. The van der Waals surface area contributed by atoms with Gasteiger partial charge in [0.05, 0.1) is 5.41 Å². The molecule has 1 fully saturated rings. The highest BCUT2D eigenvalue weighted by atomic mass is 19.3. The molecule has 1 aliphatic carbocycles. The van der Waals surface area contributed by atoms with Crippen LogP contribution in [0.15, 0.2) is 0 Å². The first-order valence-corrected chi connectivity index (χ1v) is 6.40. The Morgan fingerprint density at radius 3 is 2.05 bits per heavy atom. The van der Waals surface area contributed by atoms with Gasteiger partial charge in [-0.1, -0.05) is 25.7 Å². The molecule has 0 aromatic heterocycles. The predicted molar refractivity (Wildman–Crippen MR) is 61.7 cm³/mol. The Morgan fingerprint density at radius 1 is 1.15 bits per heavy atom. The van der Waals surface area contributed by atoms with Crippen LogP contribution in [-0.2, 0) is 9.59 Å². The molecule has 116 valence electrons. The van der Waals surface area contributed by atoms with Crippen LogP contribution in [0.1, 0.15) is 38.5 Å². The van der Waals surface area contributed by atoms with E-state index >= 15 is 0 Å². The van der Waals surface area contributed by atoms with Crippen LogP contribution in [0.3, 0.4) is 0 Å². The van der Waals surface area contributed by atoms with Crippen LogP contribution in [0.4, 0.5) is 17.6 Å². The minimum absolute atomic E-state index is 0.239. The summed E-state index contributed by atoms with van der Waals surface area (Å²) in [5, 5.41) is 10.9. The monoisotopic (exact) mass is 299 g/mol. The Labute approximate surface area is 113 Å². The SMILES string of the molecule is O=C(O)C1(CNC(=O)C(F)(F)C(F)F)CCCCCC1. The van der Waals surface area contributed by atoms with Gasteiger partial charge in [-0.2, -0.15) is 8.78 Å². The van der Waals surface area contributed by atoms with Gasteiger partial charge in [-0.3, -0.25) is 9.59 Å². The van der Waals surface area contributed by atoms with Crippen LogP contribution in [0, 0.1) is 5.41 Å². The molecular weight excluding hydrogens is 282 g/mol. The standard InChI is InChI=1S/C12H17F4NO3/c13-8(14)12(15,16)9(18)17-7-11(10(19)20)5-3-1-2-4-6-11/h8H,1-7H2,(H,17,18)(H,19,20). The minimum atomic E-state index is -4.80. The van der Waals surface area contributed by atoms with E-state index in [0.29, 0.717) is 12.8 Å². The molecule has 0 aliphatic heterocycles. The third-order valence-corrected chi connectivity index (χ3v) is 3.68. The zero-order chi connectivity index (χ0) is 15.4. The molecule has 1 aliphatic rings. The first-order chi connectivity index (χ1) is 9.22. The maximum atomic E-state index is 12.8. The molecule has 4 nitrogen and oxygen atoms in total. The maximum Gasteiger partial charge on any atom is 0.383 e. The minimum Gasteiger partial charge on any atom is -0.481 e. The summed E-state index contributed by atoms with van der Waals surface area (Å²) in [5.74, 6) is -8.12. The second-order valence-electron chi connectivity index (χ2n) is 5.11. The van der Waals surface area contributed by atoms with E-state index in [0.717, 1.165) is 12.8 Å². The molecule has 0 aromatic carbocycles. The van der Waals surface area contributed by atoms with Crippen LogP contribution in [0.5, 0.6) is 0 Å². The molecule has 0 unspecified atom stereocenters. The fraction of sp³-hybridized carbons (Fsp3) is 0.833. The van der Waals surface area contributed by atoms with Gasteiger partial charge in [0.25, 0.3) is 5.91 Å². The summed E-state index contributed by atoms with van der Waals surface area (Å²) in [6.07, 6.45) is -0.767. The zero-order valence-electron chi connectivity index (χ0n) is 10.8. The molecule has 1 rings (SSSR count). The summed E-state index contributed by atoms with van der Waals surface area (Å²) in [4.78, 5) is 22.4. The van der Waals surface area contributed by atoms with Crippen molar-refractivity contribution in [2.75, 3.05) is 6.54 Å². The lowest BCUT2D eigenvalue weighted by atomic mass is 9.80. The quantitative estimate of drug-likeness (QED) is 0.605. The topological polar surface area (TPSA) is 66.4 Å². The van der Waals surface area contributed by atoms with Crippen molar-refractivity contribution in [2.45, 2.75) is 50.9 Å². The van der Waals surface area contributed by atoms with Crippen LogP contribution in [-0.4, -0.2) is 35.9 Å². The highest BCUT2D eigenvalue weighted by Crippen LogP contribution is 2.35. The molecule has 0 heterocycles. The number of aliphatic carboxylic acids is 1. The number of alkyl halides is 4. The van der Waals surface area contributed by atoms with Crippen molar-refractivity contribution < 1.29 is 32.3 Å². The van der Waals surface area contributed by atoms with E-state index in [1.54, 1.807) is 5.32 Å².